The number of likely N-dealkylation sites (N-methyl/N-ethyl adjacent to an activating group) is 1. The summed E-state index contributed by atoms with van der Waals surface area (Å²) >= 11 is 7.19. The molecule has 0 N–H and O–H groups in total. The van der Waals surface area contributed by atoms with Crippen LogP contribution in [0.4, 0.5) is 0 Å². The number of aromatic nitrogens is 2. The highest BCUT2D eigenvalue weighted by Gasteiger charge is 2.19. The summed E-state index contributed by atoms with van der Waals surface area (Å²) in [5, 5.41) is 14.6. The van der Waals surface area contributed by atoms with Crippen molar-refractivity contribution < 1.29 is 14.3 Å². The first-order valence-electron chi connectivity index (χ1n) is 8.44. The van der Waals surface area contributed by atoms with Crippen molar-refractivity contribution in [2.75, 3.05) is 20.2 Å². The Morgan fingerprint density at radius 1 is 1.36 bits per heavy atom. The normalized spacial score (nSPS) is 10.6. The van der Waals surface area contributed by atoms with Gasteiger partial charge in [-0.2, -0.15) is 10.4 Å². The monoisotopic (exact) mass is 416 g/mol. The average molecular weight is 417 g/mol. The van der Waals surface area contributed by atoms with Crippen LogP contribution in [0.1, 0.15) is 21.8 Å². The highest BCUT2D eigenvalue weighted by molar-refractivity contribution is 7.20. The van der Waals surface area contributed by atoms with Gasteiger partial charge in [0.25, 0.3) is 5.91 Å². The van der Waals surface area contributed by atoms with Crippen LogP contribution in [-0.2, 0) is 9.53 Å². The van der Waals surface area contributed by atoms with Crippen LogP contribution in [0.15, 0.2) is 30.3 Å². The lowest BCUT2D eigenvalue weighted by Crippen LogP contribution is -2.31. The van der Waals surface area contributed by atoms with Crippen molar-refractivity contribution >= 4 is 45.0 Å². The lowest BCUT2D eigenvalue weighted by atomic mass is 10.3. The SMILES string of the molecule is Cc1nn(-c2ccc(Cl)cc2)c2sc(C(=O)OCC(=O)N(C)CCC#N)cc12. The first kappa shape index (κ1) is 19.9. The summed E-state index contributed by atoms with van der Waals surface area (Å²) in [5.74, 6) is -0.918. The largest absolute Gasteiger partial charge is 0.451 e. The molecule has 0 fully saturated rings. The maximum atomic E-state index is 12.4. The predicted octanol–water partition coefficient (Wildman–Crippen LogP) is 3.58. The molecule has 144 valence electrons. The van der Waals surface area contributed by atoms with Gasteiger partial charge in [0, 0.05) is 24.0 Å². The summed E-state index contributed by atoms with van der Waals surface area (Å²) in [5.41, 5.74) is 1.62. The number of nitriles is 1. The second kappa shape index (κ2) is 8.42. The smallest absolute Gasteiger partial charge is 0.348 e. The summed E-state index contributed by atoms with van der Waals surface area (Å²) in [6.07, 6.45) is 0.229. The Bertz CT molecular complexity index is 1070. The number of hydrogen-bond acceptors (Lipinski definition) is 6. The highest BCUT2D eigenvalue weighted by Crippen LogP contribution is 2.31. The number of carbonyl (C=O) groups excluding carboxylic acids is 2. The zero-order valence-electron chi connectivity index (χ0n) is 15.3. The second-order valence-corrected chi connectivity index (χ2v) is 7.57. The van der Waals surface area contributed by atoms with Crippen molar-refractivity contribution in [1.82, 2.24) is 14.7 Å². The quantitative estimate of drug-likeness (QED) is 0.573. The summed E-state index contributed by atoms with van der Waals surface area (Å²) in [6, 6.07) is 10.9. The minimum absolute atomic E-state index is 0.229. The maximum Gasteiger partial charge on any atom is 0.348 e. The van der Waals surface area contributed by atoms with Crippen LogP contribution in [0.3, 0.4) is 0 Å². The third-order valence-corrected chi connectivity index (χ3v) is 5.47. The van der Waals surface area contributed by atoms with Gasteiger partial charge < -0.3 is 9.64 Å². The van der Waals surface area contributed by atoms with Gasteiger partial charge in [0.15, 0.2) is 6.61 Å². The lowest BCUT2D eigenvalue weighted by molar-refractivity contribution is -0.133. The number of rotatable bonds is 6. The molecule has 0 unspecified atom stereocenters. The van der Waals surface area contributed by atoms with E-state index in [1.54, 1.807) is 29.9 Å². The molecule has 7 nitrogen and oxygen atoms in total. The zero-order valence-corrected chi connectivity index (χ0v) is 16.9. The molecule has 0 aliphatic carbocycles. The van der Waals surface area contributed by atoms with Crippen molar-refractivity contribution in [1.29, 1.82) is 5.26 Å². The number of aryl methyl sites for hydroxylation is 1. The van der Waals surface area contributed by atoms with E-state index in [0.29, 0.717) is 16.4 Å². The number of thiophene rings is 1. The number of halogens is 1. The molecule has 0 atom stereocenters. The topological polar surface area (TPSA) is 88.2 Å². The molecule has 0 aliphatic rings. The van der Waals surface area contributed by atoms with E-state index >= 15 is 0 Å². The Balaban J connectivity index is 1.76. The van der Waals surface area contributed by atoms with Crippen LogP contribution in [0.2, 0.25) is 5.02 Å². The van der Waals surface area contributed by atoms with Crippen molar-refractivity contribution in [2.24, 2.45) is 0 Å². The van der Waals surface area contributed by atoms with Gasteiger partial charge in [-0.15, -0.1) is 11.3 Å². The minimum atomic E-state index is -0.565. The highest BCUT2D eigenvalue weighted by atomic mass is 35.5. The first-order valence-corrected chi connectivity index (χ1v) is 9.63. The Morgan fingerprint density at radius 2 is 2.07 bits per heavy atom. The Hall–Kier alpha value is -2.89. The molecule has 0 radical (unpaired) electrons. The Kier molecular flexibility index (Phi) is 5.97. The molecular weight excluding hydrogens is 400 g/mol. The van der Waals surface area contributed by atoms with Gasteiger partial charge in [0.1, 0.15) is 9.71 Å². The average Bonchev–Trinajstić information content (AvgIpc) is 3.25. The Morgan fingerprint density at radius 3 is 2.75 bits per heavy atom. The predicted molar refractivity (Wildman–Crippen MR) is 107 cm³/mol. The van der Waals surface area contributed by atoms with Gasteiger partial charge in [-0.25, -0.2) is 9.48 Å². The number of benzene rings is 1. The molecule has 2 heterocycles. The molecule has 3 aromatic rings. The molecule has 0 bridgehead atoms. The summed E-state index contributed by atoms with van der Waals surface area (Å²) in [4.78, 5) is 26.9. The van der Waals surface area contributed by atoms with Crippen LogP contribution in [0.5, 0.6) is 0 Å². The van der Waals surface area contributed by atoms with Gasteiger partial charge >= 0.3 is 5.97 Å². The number of carbonyl (C=O) groups is 2. The number of nitrogens with zero attached hydrogens (tertiary/aromatic N) is 4. The summed E-state index contributed by atoms with van der Waals surface area (Å²) in [7, 11) is 1.57. The molecule has 0 aliphatic heterocycles. The molecule has 2 aromatic heterocycles. The van der Waals surface area contributed by atoms with Crippen LogP contribution in [0, 0.1) is 18.3 Å². The fraction of sp³-hybridized carbons (Fsp3) is 0.263. The fourth-order valence-corrected chi connectivity index (χ4v) is 3.76. The number of fused-ring (bicyclic) bond motifs is 1. The lowest BCUT2D eigenvalue weighted by Gasteiger charge is -2.14. The van der Waals surface area contributed by atoms with Crippen molar-refractivity contribution in [3.8, 4) is 11.8 Å². The maximum absolute atomic E-state index is 12.4. The third kappa shape index (κ3) is 4.16. The molecule has 28 heavy (non-hydrogen) atoms. The van der Waals surface area contributed by atoms with Gasteiger partial charge in [0.05, 0.1) is 23.9 Å². The number of hydrogen-bond donors (Lipinski definition) is 0. The van der Waals surface area contributed by atoms with Crippen molar-refractivity contribution in [3.63, 3.8) is 0 Å². The van der Waals surface area contributed by atoms with Crippen LogP contribution in [-0.4, -0.2) is 46.8 Å². The molecule has 0 saturated heterocycles. The van der Waals surface area contributed by atoms with E-state index in [2.05, 4.69) is 5.10 Å². The van der Waals surface area contributed by atoms with E-state index in [0.717, 1.165) is 21.6 Å². The number of ether oxygens (including phenoxy) is 1. The third-order valence-electron chi connectivity index (χ3n) is 4.13. The van der Waals surface area contributed by atoms with Gasteiger partial charge in [-0.3, -0.25) is 4.79 Å². The fourth-order valence-electron chi connectivity index (χ4n) is 2.56. The summed E-state index contributed by atoms with van der Waals surface area (Å²) in [6.45, 7) is 1.80. The zero-order chi connectivity index (χ0) is 20.3. The minimum Gasteiger partial charge on any atom is -0.451 e. The standard InChI is InChI=1S/C19H17ClN4O3S/c1-12-15-10-16(19(26)27-11-17(25)23(2)9-3-8-21)28-18(15)24(22-12)14-6-4-13(20)5-7-14/h4-7,10H,3,9,11H2,1-2H3. The van der Waals surface area contributed by atoms with E-state index in [1.165, 1.54) is 16.2 Å². The van der Waals surface area contributed by atoms with Crippen molar-refractivity contribution in [3.05, 3.63) is 45.9 Å². The van der Waals surface area contributed by atoms with E-state index in [-0.39, 0.29) is 18.9 Å². The molecule has 0 spiro atoms. The number of amides is 1. The molecular formula is C19H17ClN4O3S. The first-order chi connectivity index (χ1) is 13.4. The van der Waals surface area contributed by atoms with E-state index in [1.807, 2.05) is 25.1 Å². The van der Waals surface area contributed by atoms with Crippen LogP contribution >= 0.6 is 22.9 Å². The Labute approximate surface area is 170 Å². The van der Waals surface area contributed by atoms with E-state index in [9.17, 15) is 9.59 Å². The molecule has 3 rings (SSSR count). The molecule has 9 heteroatoms. The molecule has 0 saturated carbocycles. The molecule has 1 amide bonds. The van der Waals surface area contributed by atoms with Gasteiger partial charge in [0.2, 0.25) is 0 Å². The van der Waals surface area contributed by atoms with Gasteiger partial charge in [-0.05, 0) is 37.3 Å². The second-order valence-electron chi connectivity index (χ2n) is 6.10. The van der Waals surface area contributed by atoms with E-state index < -0.39 is 5.97 Å². The number of esters is 1. The van der Waals surface area contributed by atoms with E-state index in [4.69, 9.17) is 21.6 Å². The molecule has 1 aromatic carbocycles. The van der Waals surface area contributed by atoms with Crippen LogP contribution in [0.25, 0.3) is 15.9 Å². The van der Waals surface area contributed by atoms with Gasteiger partial charge in [-0.1, -0.05) is 11.6 Å². The summed E-state index contributed by atoms with van der Waals surface area (Å²) < 4.78 is 6.89. The van der Waals surface area contributed by atoms with Crippen molar-refractivity contribution in [2.45, 2.75) is 13.3 Å². The van der Waals surface area contributed by atoms with Crippen LogP contribution < -0.4 is 0 Å².